The number of nitrogens with one attached hydrogen (secondary N) is 1. The first-order valence-electron chi connectivity index (χ1n) is 3.89. The third kappa shape index (κ3) is 8.77. The first-order valence-corrected chi connectivity index (χ1v) is 3.89. The average molecular weight is 190 g/mol. The molecule has 0 spiro atoms. The molecule has 0 aliphatic carbocycles. The van der Waals surface area contributed by atoms with Crippen LogP contribution in [-0.4, -0.2) is 29.6 Å². The van der Waals surface area contributed by atoms with Crippen LogP contribution in [0.25, 0.3) is 0 Å². The van der Waals surface area contributed by atoms with E-state index in [0.29, 0.717) is 6.42 Å². The van der Waals surface area contributed by atoms with Gasteiger partial charge in [-0.1, -0.05) is 0 Å². The molecule has 0 aromatic heterocycles. The first kappa shape index (κ1) is 11.9. The van der Waals surface area contributed by atoms with Gasteiger partial charge in [-0.15, -0.1) is 0 Å². The van der Waals surface area contributed by atoms with Gasteiger partial charge in [0.15, 0.2) is 0 Å². The van der Waals surface area contributed by atoms with Crippen LogP contribution >= 0.6 is 0 Å². The second kappa shape index (κ2) is 6.38. The number of carbonyl (C=O) groups excluding carboxylic acids is 1. The van der Waals surface area contributed by atoms with Crippen molar-refractivity contribution >= 4 is 11.9 Å². The molecule has 6 nitrogen and oxygen atoms in total. The van der Waals surface area contributed by atoms with Gasteiger partial charge >= 0.3 is 5.97 Å². The summed E-state index contributed by atoms with van der Waals surface area (Å²) >= 11 is 0. The first-order chi connectivity index (χ1) is 6.02. The zero-order valence-corrected chi connectivity index (χ0v) is 7.45. The molecule has 0 fully saturated rings. The van der Waals surface area contributed by atoms with Gasteiger partial charge in [-0.25, -0.2) is 0 Å². The number of hydrogen-bond acceptors (Lipinski definition) is 4. The Balaban J connectivity index is 3.35. The molecule has 0 saturated heterocycles. The van der Waals surface area contributed by atoms with E-state index in [2.05, 4.69) is 10.3 Å². The standard InChI is InChI=1S/C7H14N2O4/c1-5(2-3-7(11)12)9-13-4-6(8)10/h5,9H,2-4H2,1H3,(H2,8,10)(H,11,12). The van der Waals surface area contributed by atoms with Gasteiger partial charge in [0.2, 0.25) is 5.91 Å². The zero-order valence-electron chi connectivity index (χ0n) is 7.45. The number of nitrogens with two attached hydrogens (primary N) is 1. The average Bonchev–Trinajstić information content (AvgIpc) is 2.00. The summed E-state index contributed by atoms with van der Waals surface area (Å²) in [4.78, 5) is 25.0. The van der Waals surface area contributed by atoms with Gasteiger partial charge in [0.25, 0.3) is 0 Å². The molecule has 0 radical (unpaired) electrons. The number of primary amides is 1. The van der Waals surface area contributed by atoms with E-state index in [-0.39, 0.29) is 19.1 Å². The molecule has 0 aliphatic rings. The molecule has 0 aromatic rings. The van der Waals surface area contributed by atoms with Crippen molar-refractivity contribution in [2.24, 2.45) is 5.73 Å². The van der Waals surface area contributed by atoms with Gasteiger partial charge in [-0.2, -0.15) is 5.48 Å². The van der Waals surface area contributed by atoms with Crippen LogP contribution in [0.1, 0.15) is 19.8 Å². The van der Waals surface area contributed by atoms with Gasteiger partial charge in [-0.05, 0) is 13.3 Å². The van der Waals surface area contributed by atoms with Crippen molar-refractivity contribution in [3.05, 3.63) is 0 Å². The topological polar surface area (TPSA) is 102 Å². The Labute approximate surface area is 76.0 Å². The molecule has 0 saturated carbocycles. The number of carbonyl (C=O) groups is 2. The second-order valence-electron chi connectivity index (χ2n) is 2.71. The molecule has 13 heavy (non-hydrogen) atoms. The largest absolute Gasteiger partial charge is 0.481 e. The van der Waals surface area contributed by atoms with Crippen LogP contribution < -0.4 is 11.2 Å². The molecule has 0 aliphatic heterocycles. The Hall–Kier alpha value is -1.14. The maximum Gasteiger partial charge on any atom is 0.303 e. The molecule has 76 valence electrons. The Morgan fingerprint density at radius 2 is 2.23 bits per heavy atom. The quantitative estimate of drug-likeness (QED) is 0.458. The Morgan fingerprint density at radius 1 is 1.62 bits per heavy atom. The molecule has 1 unspecified atom stereocenters. The van der Waals surface area contributed by atoms with E-state index >= 15 is 0 Å². The Morgan fingerprint density at radius 3 is 2.69 bits per heavy atom. The number of hydroxylamine groups is 1. The van der Waals surface area contributed by atoms with Crippen molar-refractivity contribution in [1.82, 2.24) is 5.48 Å². The Kier molecular flexibility index (Phi) is 5.82. The van der Waals surface area contributed by atoms with Crippen molar-refractivity contribution in [2.45, 2.75) is 25.8 Å². The van der Waals surface area contributed by atoms with Crippen LogP contribution in [-0.2, 0) is 14.4 Å². The maximum atomic E-state index is 10.2. The molecular formula is C7H14N2O4. The number of rotatable bonds is 7. The highest BCUT2D eigenvalue weighted by Crippen LogP contribution is 1.95. The Bertz CT molecular complexity index is 183. The van der Waals surface area contributed by atoms with Crippen LogP contribution in [0.3, 0.4) is 0 Å². The number of carboxylic acid groups (broad SMARTS) is 1. The number of hydrogen-bond donors (Lipinski definition) is 3. The molecule has 1 atom stereocenters. The molecule has 0 heterocycles. The molecule has 0 bridgehead atoms. The fourth-order valence-corrected chi connectivity index (χ4v) is 0.654. The lowest BCUT2D eigenvalue weighted by Crippen LogP contribution is -2.31. The summed E-state index contributed by atoms with van der Waals surface area (Å²) in [7, 11) is 0. The van der Waals surface area contributed by atoms with E-state index in [9.17, 15) is 9.59 Å². The highest BCUT2D eigenvalue weighted by molar-refractivity contribution is 5.74. The summed E-state index contributed by atoms with van der Waals surface area (Å²) in [6.07, 6.45) is 0.502. The van der Waals surface area contributed by atoms with Crippen molar-refractivity contribution in [3.8, 4) is 0 Å². The summed E-state index contributed by atoms with van der Waals surface area (Å²) < 4.78 is 0. The second-order valence-corrected chi connectivity index (χ2v) is 2.71. The third-order valence-electron chi connectivity index (χ3n) is 1.29. The summed E-state index contributed by atoms with van der Waals surface area (Å²) in [5.74, 6) is -1.43. The zero-order chi connectivity index (χ0) is 10.3. The number of amides is 1. The number of carboxylic acids is 1. The van der Waals surface area contributed by atoms with Gasteiger partial charge in [0.05, 0.1) is 0 Å². The predicted octanol–water partition coefficient (Wildman–Crippen LogP) is -0.754. The van der Waals surface area contributed by atoms with Crippen molar-refractivity contribution in [2.75, 3.05) is 6.61 Å². The monoisotopic (exact) mass is 190 g/mol. The van der Waals surface area contributed by atoms with Crippen LogP contribution in [0.5, 0.6) is 0 Å². The lowest BCUT2D eigenvalue weighted by atomic mass is 10.2. The highest BCUT2D eigenvalue weighted by Gasteiger charge is 2.05. The smallest absolute Gasteiger partial charge is 0.303 e. The molecule has 0 rings (SSSR count). The van der Waals surface area contributed by atoms with E-state index in [4.69, 9.17) is 10.8 Å². The lowest BCUT2D eigenvalue weighted by Gasteiger charge is -2.10. The lowest BCUT2D eigenvalue weighted by molar-refractivity contribution is -0.137. The van der Waals surface area contributed by atoms with Gasteiger partial charge in [-0.3, -0.25) is 14.4 Å². The fraction of sp³-hybridized carbons (Fsp3) is 0.714. The number of aliphatic carboxylic acids is 1. The van der Waals surface area contributed by atoms with Crippen LogP contribution in [0, 0.1) is 0 Å². The van der Waals surface area contributed by atoms with Crippen LogP contribution in [0.4, 0.5) is 0 Å². The summed E-state index contributed by atoms with van der Waals surface area (Å²) in [6.45, 7) is 1.54. The van der Waals surface area contributed by atoms with E-state index in [1.165, 1.54) is 0 Å². The van der Waals surface area contributed by atoms with Gasteiger partial charge in [0, 0.05) is 12.5 Å². The molecular weight excluding hydrogens is 176 g/mol. The van der Waals surface area contributed by atoms with Gasteiger partial charge in [0.1, 0.15) is 6.61 Å². The van der Waals surface area contributed by atoms with E-state index < -0.39 is 11.9 Å². The van der Waals surface area contributed by atoms with E-state index in [1.807, 2.05) is 0 Å². The van der Waals surface area contributed by atoms with E-state index in [0.717, 1.165) is 0 Å². The van der Waals surface area contributed by atoms with E-state index in [1.54, 1.807) is 6.92 Å². The summed E-state index contributed by atoms with van der Waals surface area (Å²) in [6, 6.07) is -0.115. The molecule has 0 aromatic carbocycles. The van der Waals surface area contributed by atoms with Crippen LogP contribution in [0.2, 0.25) is 0 Å². The van der Waals surface area contributed by atoms with Gasteiger partial charge < -0.3 is 10.8 Å². The van der Waals surface area contributed by atoms with Crippen molar-refractivity contribution in [3.63, 3.8) is 0 Å². The minimum atomic E-state index is -0.858. The van der Waals surface area contributed by atoms with Crippen molar-refractivity contribution < 1.29 is 19.5 Å². The fourth-order valence-electron chi connectivity index (χ4n) is 0.654. The maximum absolute atomic E-state index is 10.2. The highest BCUT2D eigenvalue weighted by atomic mass is 16.6. The molecule has 4 N–H and O–H groups in total. The third-order valence-corrected chi connectivity index (χ3v) is 1.29. The summed E-state index contributed by atoms with van der Waals surface area (Å²) in [5.41, 5.74) is 7.31. The van der Waals surface area contributed by atoms with Crippen molar-refractivity contribution in [1.29, 1.82) is 0 Å². The SMILES string of the molecule is CC(CCC(=O)O)NOCC(N)=O. The normalized spacial score (nSPS) is 12.4. The minimum Gasteiger partial charge on any atom is -0.481 e. The molecule has 6 heteroatoms. The predicted molar refractivity (Wildman–Crippen MR) is 44.6 cm³/mol. The minimum absolute atomic E-state index is 0.0636. The van der Waals surface area contributed by atoms with Crippen LogP contribution in [0.15, 0.2) is 0 Å². The molecule has 1 amide bonds. The summed E-state index contributed by atoms with van der Waals surface area (Å²) in [5, 5.41) is 8.33.